The lowest BCUT2D eigenvalue weighted by Gasteiger charge is -2.13. The number of aromatic nitrogens is 2. The summed E-state index contributed by atoms with van der Waals surface area (Å²) < 4.78 is 37.7. The molecule has 0 radical (unpaired) electrons. The predicted octanol–water partition coefficient (Wildman–Crippen LogP) is 2.31. The zero-order valence-electron chi connectivity index (χ0n) is 11.0. The van der Waals surface area contributed by atoms with E-state index in [0.29, 0.717) is 6.54 Å². The molecule has 1 N–H and O–H groups in total. The van der Waals surface area contributed by atoms with E-state index in [1.54, 1.807) is 4.68 Å². The Kier molecular flexibility index (Phi) is 5.19. The number of halogens is 3. The molecule has 1 rings (SSSR count). The molecule has 1 heterocycles. The molecule has 1 aromatic heterocycles. The summed E-state index contributed by atoms with van der Waals surface area (Å²) in [6.07, 6.45) is -2.54. The van der Waals surface area contributed by atoms with Crippen molar-refractivity contribution < 1.29 is 13.2 Å². The van der Waals surface area contributed by atoms with Gasteiger partial charge < -0.3 is 5.32 Å². The minimum atomic E-state index is -4.14. The van der Waals surface area contributed by atoms with E-state index in [1.165, 1.54) is 0 Å². The molecular weight excluding hydrogens is 243 g/mol. The molecule has 0 aliphatic carbocycles. The van der Waals surface area contributed by atoms with Crippen LogP contribution in [0.3, 0.4) is 0 Å². The third kappa shape index (κ3) is 5.08. The van der Waals surface area contributed by atoms with Crippen LogP contribution < -0.4 is 5.32 Å². The first-order valence-corrected chi connectivity index (χ1v) is 6.11. The van der Waals surface area contributed by atoms with Crippen LogP contribution in [0.4, 0.5) is 13.2 Å². The van der Waals surface area contributed by atoms with Crippen molar-refractivity contribution in [1.29, 1.82) is 0 Å². The molecule has 0 amide bonds. The highest BCUT2D eigenvalue weighted by atomic mass is 19.4. The van der Waals surface area contributed by atoms with Gasteiger partial charge in [0.15, 0.2) is 0 Å². The van der Waals surface area contributed by atoms with E-state index in [4.69, 9.17) is 0 Å². The molecule has 6 heteroatoms. The Bertz CT molecular complexity index is 371. The van der Waals surface area contributed by atoms with Gasteiger partial charge in [0.05, 0.1) is 12.2 Å². The summed E-state index contributed by atoms with van der Waals surface area (Å²) in [6.45, 7) is 3.39. The third-order valence-corrected chi connectivity index (χ3v) is 2.77. The quantitative estimate of drug-likeness (QED) is 0.853. The first kappa shape index (κ1) is 15.0. The van der Waals surface area contributed by atoms with Gasteiger partial charge in [-0.05, 0) is 31.4 Å². The van der Waals surface area contributed by atoms with Crippen LogP contribution in [-0.2, 0) is 19.9 Å². The van der Waals surface area contributed by atoms with Crippen LogP contribution in [-0.4, -0.2) is 29.0 Å². The number of alkyl halides is 3. The average molecular weight is 263 g/mol. The Hall–Kier alpha value is -1.04. The Balaban J connectivity index is 2.39. The molecular formula is C12H20F3N3. The van der Waals surface area contributed by atoms with Gasteiger partial charge in [0.25, 0.3) is 0 Å². The van der Waals surface area contributed by atoms with E-state index in [1.807, 2.05) is 27.0 Å². The molecule has 0 spiro atoms. The van der Waals surface area contributed by atoms with Gasteiger partial charge >= 0.3 is 6.18 Å². The van der Waals surface area contributed by atoms with Crippen LogP contribution >= 0.6 is 0 Å². The number of rotatable bonds is 6. The van der Waals surface area contributed by atoms with Crippen molar-refractivity contribution in [2.24, 2.45) is 13.0 Å². The summed E-state index contributed by atoms with van der Waals surface area (Å²) >= 11 is 0. The summed E-state index contributed by atoms with van der Waals surface area (Å²) in [5.41, 5.74) is 2.08. The van der Waals surface area contributed by atoms with E-state index in [2.05, 4.69) is 10.4 Å². The normalized spacial score (nSPS) is 13.9. The highest BCUT2D eigenvalue weighted by molar-refractivity contribution is 5.10. The number of nitrogens with one attached hydrogen (secondary N) is 1. The van der Waals surface area contributed by atoms with Gasteiger partial charge in [0, 0.05) is 12.7 Å². The molecule has 0 fully saturated rings. The summed E-state index contributed by atoms with van der Waals surface area (Å²) in [5, 5.41) is 6.75. The van der Waals surface area contributed by atoms with Crippen molar-refractivity contribution in [3.8, 4) is 0 Å². The Morgan fingerprint density at radius 2 is 2.11 bits per heavy atom. The number of nitrogens with zero attached hydrogens (tertiary/aromatic N) is 2. The summed E-state index contributed by atoms with van der Waals surface area (Å²) in [5.74, 6) is 0.146. The lowest BCUT2D eigenvalue weighted by molar-refractivity contribution is -0.125. The van der Waals surface area contributed by atoms with Crippen molar-refractivity contribution >= 4 is 0 Å². The van der Waals surface area contributed by atoms with Gasteiger partial charge in [0.1, 0.15) is 0 Å². The second kappa shape index (κ2) is 6.22. The fourth-order valence-corrected chi connectivity index (χ4v) is 1.82. The van der Waals surface area contributed by atoms with Crippen LogP contribution in [0.2, 0.25) is 0 Å². The first-order valence-electron chi connectivity index (χ1n) is 6.11. The molecule has 0 aliphatic heterocycles. The lowest BCUT2D eigenvalue weighted by Crippen LogP contribution is -2.32. The fourth-order valence-electron chi connectivity index (χ4n) is 1.82. The van der Waals surface area contributed by atoms with Crippen LogP contribution in [0, 0.1) is 5.92 Å². The van der Waals surface area contributed by atoms with Gasteiger partial charge in [-0.25, -0.2) is 0 Å². The summed E-state index contributed by atoms with van der Waals surface area (Å²) in [6, 6.07) is 2.01. The predicted molar refractivity (Wildman–Crippen MR) is 64.4 cm³/mol. The fraction of sp³-hybridized carbons (Fsp3) is 0.750. The van der Waals surface area contributed by atoms with Gasteiger partial charge in [-0.2, -0.15) is 18.3 Å². The Morgan fingerprint density at radius 1 is 1.44 bits per heavy atom. The second-order valence-corrected chi connectivity index (χ2v) is 4.66. The monoisotopic (exact) mass is 263 g/mol. The van der Waals surface area contributed by atoms with Crippen molar-refractivity contribution in [3.05, 3.63) is 17.5 Å². The van der Waals surface area contributed by atoms with E-state index in [0.717, 1.165) is 24.2 Å². The molecule has 1 atom stereocenters. The molecule has 0 saturated carbocycles. The summed E-state index contributed by atoms with van der Waals surface area (Å²) in [7, 11) is 1.87. The van der Waals surface area contributed by atoms with Crippen molar-refractivity contribution in [1.82, 2.24) is 15.1 Å². The average Bonchev–Trinajstić information content (AvgIpc) is 2.57. The smallest absolute Gasteiger partial charge is 0.308 e. The zero-order chi connectivity index (χ0) is 13.8. The highest BCUT2D eigenvalue weighted by Gasteiger charge is 2.26. The van der Waals surface area contributed by atoms with Crippen LogP contribution in [0.5, 0.6) is 0 Å². The minimum absolute atomic E-state index is 0.146. The molecule has 18 heavy (non-hydrogen) atoms. The SMILES string of the molecule is CCc1cc(CC(C)CNCC(F)(F)F)n(C)n1. The molecule has 1 unspecified atom stereocenters. The summed E-state index contributed by atoms with van der Waals surface area (Å²) in [4.78, 5) is 0. The molecule has 1 aromatic rings. The van der Waals surface area contributed by atoms with Gasteiger partial charge in [-0.1, -0.05) is 13.8 Å². The molecule has 0 saturated heterocycles. The number of aryl methyl sites for hydroxylation is 2. The van der Waals surface area contributed by atoms with Crippen molar-refractivity contribution in [3.63, 3.8) is 0 Å². The highest BCUT2D eigenvalue weighted by Crippen LogP contribution is 2.13. The maximum atomic E-state index is 12.0. The van der Waals surface area contributed by atoms with Crippen LogP contribution in [0.1, 0.15) is 25.2 Å². The maximum absolute atomic E-state index is 12.0. The van der Waals surface area contributed by atoms with Gasteiger partial charge in [-0.3, -0.25) is 4.68 Å². The van der Waals surface area contributed by atoms with Crippen molar-refractivity contribution in [2.45, 2.75) is 32.9 Å². The van der Waals surface area contributed by atoms with E-state index >= 15 is 0 Å². The number of hydrogen-bond donors (Lipinski definition) is 1. The minimum Gasteiger partial charge on any atom is -0.308 e. The van der Waals surface area contributed by atoms with E-state index in [-0.39, 0.29) is 5.92 Å². The second-order valence-electron chi connectivity index (χ2n) is 4.66. The van der Waals surface area contributed by atoms with E-state index in [9.17, 15) is 13.2 Å². The Labute approximate surface area is 105 Å². The van der Waals surface area contributed by atoms with E-state index < -0.39 is 12.7 Å². The maximum Gasteiger partial charge on any atom is 0.401 e. The van der Waals surface area contributed by atoms with Gasteiger partial charge in [0.2, 0.25) is 0 Å². The topological polar surface area (TPSA) is 29.9 Å². The molecule has 3 nitrogen and oxygen atoms in total. The molecule has 0 aromatic carbocycles. The Morgan fingerprint density at radius 3 is 2.61 bits per heavy atom. The molecule has 0 bridgehead atoms. The lowest BCUT2D eigenvalue weighted by atomic mass is 10.1. The zero-order valence-corrected chi connectivity index (χ0v) is 11.0. The largest absolute Gasteiger partial charge is 0.401 e. The standard InChI is InChI=1S/C12H20F3N3/c1-4-10-6-11(18(3)17-10)5-9(2)7-16-8-12(13,14)15/h6,9,16H,4-5,7-8H2,1-3H3. The molecule has 0 aliphatic rings. The molecule has 104 valence electrons. The van der Waals surface area contributed by atoms with Crippen molar-refractivity contribution in [2.75, 3.05) is 13.1 Å². The van der Waals surface area contributed by atoms with Crippen LogP contribution in [0.15, 0.2) is 6.07 Å². The van der Waals surface area contributed by atoms with Crippen LogP contribution in [0.25, 0.3) is 0 Å². The first-order chi connectivity index (χ1) is 8.31. The number of hydrogen-bond acceptors (Lipinski definition) is 2. The van der Waals surface area contributed by atoms with Gasteiger partial charge in [-0.15, -0.1) is 0 Å². The third-order valence-electron chi connectivity index (χ3n) is 2.77.